The number of hydrogen-bond acceptors (Lipinski definition) is 4. The number of ether oxygens (including phenoxy) is 2. The molecule has 0 aromatic carbocycles. The monoisotopic (exact) mass is 134 g/mol. The highest BCUT2D eigenvalue weighted by Crippen LogP contribution is 1.89. The average molecular weight is 134 g/mol. The maximum atomic E-state index is 4.94. The molecule has 9 heavy (non-hydrogen) atoms. The van der Waals surface area contributed by atoms with E-state index in [1.807, 2.05) is 0 Å². The first-order valence-corrected chi connectivity index (χ1v) is 2.90. The van der Waals surface area contributed by atoms with E-state index in [-0.39, 0.29) is 0 Å². The Kier molecular flexibility index (Phi) is 3.63. The molecule has 0 unspecified atom stereocenters. The third-order valence-corrected chi connectivity index (χ3v) is 0.862. The summed E-state index contributed by atoms with van der Waals surface area (Å²) >= 11 is 0. The molecule has 2 fully saturated rings. The quantitative estimate of drug-likeness (QED) is 0.344. The molecule has 4 heteroatoms. The molecule has 0 spiro atoms. The van der Waals surface area contributed by atoms with Gasteiger partial charge < -0.3 is 9.47 Å². The molecule has 0 amide bonds. The SMILES string of the molecule is C1COCCO1.C1OO1. The first-order valence-electron chi connectivity index (χ1n) is 2.90. The van der Waals surface area contributed by atoms with Crippen LogP contribution in [0.1, 0.15) is 0 Å². The van der Waals surface area contributed by atoms with Crippen LogP contribution in [0.2, 0.25) is 0 Å². The van der Waals surface area contributed by atoms with Crippen molar-refractivity contribution in [3.63, 3.8) is 0 Å². The minimum Gasteiger partial charge on any atom is -0.377 e. The summed E-state index contributed by atoms with van der Waals surface area (Å²) in [5.41, 5.74) is 0. The zero-order valence-electron chi connectivity index (χ0n) is 5.17. The van der Waals surface area contributed by atoms with Gasteiger partial charge in [-0.1, -0.05) is 0 Å². The lowest BCUT2D eigenvalue weighted by molar-refractivity contribution is -0.0334. The zero-order valence-corrected chi connectivity index (χ0v) is 5.17. The summed E-state index contributed by atoms with van der Waals surface area (Å²) in [5.74, 6) is 0. The number of hydrogen-bond donors (Lipinski definition) is 0. The Morgan fingerprint density at radius 1 is 0.667 bits per heavy atom. The highest BCUT2D eigenvalue weighted by molar-refractivity contribution is 4.37. The van der Waals surface area contributed by atoms with E-state index in [9.17, 15) is 0 Å². The van der Waals surface area contributed by atoms with Crippen molar-refractivity contribution in [3.8, 4) is 0 Å². The van der Waals surface area contributed by atoms with Crippen LogP contribution in [0.5, 0.6) is 0 Å². The van der Waals surface area contributed by atoms with Crippen molar-refractivity contribution in [2.75, 3.05) is 33.2 Å². The largest absolute Gasteiger partial charge is 0.377 e. The first-order chi connectivity index (χ1) is 4.50. The van der Waals surface area contributed by atoms with Crippen LogP contribution in [0.3, 0.4) is 0 Å². The van der Waals surface area contributed by atoms with Crippen LogP contribution in [-0.2, 0) is 19.2 Å². The molecule has 0 N–H and O–H groups in total. The second-order valence-corrected chi connectivity index (χ2v) is 1.58. The lowest BCUT2D eigenvalue weighted by Crippen LogP contribution is -2.16. The fourth-order valence-corrected chi connectivity index (χ4v) is 0.440. The zero-order chi connectivity index (χ0) is 6.36. The van der Waals surface area contributed by atoms with Crippen molar-refractivity contribution in [2.24, 2.45) is 0 Å². The summed E-state index contributed by atoms with van der Waals surface area (Å²) in [4.78, 5) is 8.00. The molecule has 0 aliphatic carbocycles. The van der Waals surface area contributed by atoms with Gasteiger partial charge in [-0.25, -0.2) is 9.78 Å². The summed E-state index contributed by atoms with van der Waals surface area (Å²) in [7, 11) is 0. The molecule has 4 nitrogen and oxygen atoms in total. The normalized spacial score (nSPS) is 24.0. The molecule has 0 bridgehead atoms. The second kappa shape index (κ2) is 4.69. The van der Waals surface area contributed by atoms with Gasteiger partial charge in [0.05, 0.1) is 26.4 Å². The van der Waals surface area contributed by atoms with E-state index in [1.54, 1.807) is 0 Å². The van der Waals surface area contributed by atoms with Crippen LogP contribution >= 0.6 is 0 Å². The van der Waals surface area contributed by atoms with Crippen molar-refractivity contribution in [2.45, 2.75) is 0 Å². The molecule has 0 aromatic heterocycles. The van der Waals surface area contributed by atoms with Crippen molar-refractivity contribution >= 4 is 0 Å². The fourth-order valence-electron chi connectivity index (χ4n) is 0.440. The van der Waals surface area contributed by atoms with Crippen molar-refractivity contribution in [1.29, 1.82) is 0 Å². The van der Waals surface area contributed by atoms with E-state index in [1.165, 1.54) is 0 Å². The van der Waals surface area contributed by atoms with Gasteiger partial charge in [-0.2, -0.15) is 0 Å². The Morgan fingerprint density at radius 2 is 1.00 bits per heavy atom. The molecule has 2 aliphatic heterocycles. The van der Waals surface area contributed by atoms with E-state index < -0.39 is 0 Å². The van der Waals surface area contributed by atoms with E-state index >= 15 is 0 Å². The highest BCUT2D eigenvalue weighted by Gasteiger charge is 1.95. The third-order valence-electron chi connectivity index (χ3n) is 0.862. The predicted molar refractivity (Wildman–Crippen MR) is 28.7 cm³/mol. The molecule has 2 aliphatic rings. The Bertz CT molecular complexity index is 45.7. The standard InChI is InChI=1S/C4H8O2.CH2O2/c1-2-6-4-3-5-1;1-2-3-1/h1-4H2;1H2. The summed E-state index contributed by atoms with van der Waals surface area (Å²) in [6.45, 7) is 3.61. The summed E-state index contributed by atoms with van der Waals surface area (Å²) in [5, 5.41) is 0. The first kappa shape index (κ1) is 6.95. The molecule has 0 saturated carbocycles. The van der Waals surface area contributed by atoms with E-state index in [2.05, 4.69) is 9.78 Å². The Labute approximate surface area is 53.6 Å². The number of rotatable bonds is 0. The Hall–Kier alpha value is -0.160. The minimum absolute atomic E-state index is 0.500. The van der Waals surface area contributed by atoms with Crippen LogP contribution < -0.4 is 0 Å². The lowest BCUT2D eigenvalue weighted by atomic mass is 10.6. The van der Waals surface area contributed by atoms with Crippen LogP contribution in [-0.4, -0.2) is 33.2 Å². The summed E-state index contributed by atoms with van der Waals surface area (Å²) < 4.78 is 9.89. The minimum atomic E-state index is 0.500. The second-order valence-electron chi connectivity index (χ2n) is 1.58. The molecule has 54 valence electrons. The predicted octanol–water partition coefficient (Wildman–Crippen LogP) is -0.0611. The average Bonchev–Trinajstić information content (AvgIpc) is 2.76. The smallest absolute Gasteiger partial charge is 0.214 e. The van der Waals surface area contributed by atoms with Crippen molar-refractivity contribution in [1.82, 2.24) is 0 Å². The van der Waals surface area contributed by atoms with Crippen LogP contribution in [0.4, 0.5) is 0 Å². The van der Waals surface area contributed by atoms with Gasteiger partial charge in [0.25, 0.3) is 0 Å². The van der Waals surface area contributed by atoms with Gasteiger partial charge >= 0.3 is 0 Å². The maximum Gasteiger partial charge on any atom is 0.214 e. The maximum absolute atomic E-state index is 4.94. The van der Waals surface area contributed by atoms with Gasteiger partial charge in [-0.05, 0) is 0 Å². The van der Waals surface area contributed by atoms with Crippen molar-refractivity contribution in [3.05, 3.63) is 0 Å². The van der Waals surface area contributed by atoms with Gasteiger partial charge in [0.2, 0.25) is 6.79 Å². The van der Waals surface area contributed by atoms with Gasteiger partial charge in [0, 0.05) is 0 Å². The van der Waals surface area contributed by atoms with Gasteiger partial charge in [0.1, 0.15) is 0 Å². The summed E-state index contributed by atoms with van der Waals surface area (Å²) in [6, 6.07) is 0. The molecular formula is C5H10O4. The third kappa shape index (κ3) is 5.72. The molecular weight excluding hydrogens is 124 g/mol. The van der Waals surface area contributed by atoms with E-state index in [0.29, 0.717) is 6.79 Å². The van der Waals surface area contributed by atoms with E-state index in [4.69, 9.17) is 9.47 Å². The molecule has 2 heterocycles. The Morgan fingerprint density at radius 3 is 1.11 bits per heavy atom. The van der Waals surface area contributed by atoms with Gasteiger partial charge in [-0.15, -0.1) is 0 Å². The lowest BCUT2D eigenvalue weighted by Gasteiger charge is -2.09. The van der Waals surface area contributed by atoms with Gasteiger partial charge in [-0.3, -0.25) is 0 Å². The van der Waals surface area contributed by atoms with Crippen LogP contribution in [0.15, 0.2) is 0 Å². The van der Waals surface area contributed by atoms with Crippen LogP contribution in [0.25, 0.3) is 0 Å². The summed E-state index contributed by atoms with van der Waals surface area (Å²) in [6.07, 6.45) is 0. The van der Waals surface area contributed by atoms with Crippen molar-refractivity contribution < 1.29 is 19.2 Å². The topological polar surface area (TPSA) is 43.5 Å². The molecule has 0 aromatic rings. The molecule has 0 atom stereocenters. The highest BCUT2D eigenvalue weighted by atomic mass is 17.4. The fraction of sp³-hybridized carbons (Fsp3) is 1.00. The van der Waals surface area contributed by atoms with Crippen LogP contribution in [0, 0.1) is 0 Å². The molecule has 0 radical (unpaired) electrons. The van der Waals surface area contributed by atoms with E-state index in [0.717, 1.165) is 26.4 Å². The molecule has 2 rings (SSSR count). The Balaban J connectivity index is 0.000000112. The van der Waals surface area contributed by atoms with Gasteiger partial charge in [0.15, 0.2) is 0 Å². The molecule has 2 saturated heterocycles.